The molecule has 0 saturated carbocycles. The van der Waals surface area contributed by atoms with E-state index >= 15 is 0 Å². The molecule has 1 amide bonds. The fraction of sp³-hybridized carbons (Fsp3) is 0.462. The zero-order chi connectivity index (χ0) is 13.4. The van der Waals surface area contributed by atoms with E-state index < -0.39 is 0 Å². The first-order valence-electron chi connectivity index (χ1n) is 6.43. The van der Waals surface area contributed by atoms with Gasteiger partial charge in [-0.2, -0.15) is 5.10 Å². The summed E-state index contributed by atoms with van der Waals surface area (Å²) in [5.41, 5.74) is 2.31. The van der Waals surface area contributed by atoms with E-state index in [0.717, 1.165) is 25.2 Å². The highest BCUT2D eigenvalue weighted by molar-refractivity contribution is 5.99. The van der Waals surface area contributed by atoms with Crippen LogP contribution in [0.2, 0.25) is 0 Å². The summed E-state index contributed by atoms with van der Waals surface area (Å²) in [4.78, 5) is 17.9. The molecule has 2 aromatic rings. The topological polar surface area (TPSA) is 62.5 Å². The fourth-order valence-electron chi connectivity index (χ4n) is 2.52. The molecule has 0 aliphatic carbocycles. The lowest BCUT2D eigenvalue weighted by molar-refractivity contribution is 0.0829. The summed E-state index contributed by atoms with van der Waals surface area (Å²) in [5.74, 6) is 0.372. The molecule has 6 nitrogen and oxygen atoms in total. The van der Waals surface area contributed by atoms with E-state index in [2.05, 4.69) is 15.4 Å². The Morgan fingerprint density at radius 2 is 2.37 bits per heavy atom. The second-order valence-electron chi connectivity index (χ2n) is 5.05. The van der Waals surface area contributed by atoms with Crippen LogP contribution in [0.15, 0.2) is 18.5 Å². The maximum atomic E-state index is 12.1. The predicted octanol–water partition coefficient (Wildman–Crippen LogP) is 0.508. The molecule has 0 aromatic carbocycles. The van der Waals surface area contributed by atoms with Gasteiger partial charge in [0.1, 0.15) is 5.56 Å². The minimum Gasteiger partial charge on any atom is -0.345 e. The average molecular weight is 259 g/mol. The van der Waals surface area contributed by atoms with Crippen molar-refractivity contribution in [2.45, 2.75) is 12.3 Å². The van der Waals surface area contributed by atoms with Gasteiger partial charge in [0.05, 0.1) is 11.9 Å². The molecule has 1 saturated heterocycles. The lowest BCUT2D eigenvalue weighted by Gasteiger charge is -2.11. The number of carbonyl (C=O) groups excluding carboxylic acids is 1. The van der Waals surface area contributed by atoms with E-state index in [1.165, 1.54) is 0 Å². The van der Waals surface area contributed by atoms with Crippen LogP contribution >= 0.6 is 0 Å². The van der Waals surface area contributed by atoms with Gasteiger partial charge >= 0.3 is 0 Å². The summed E-state index contributed by atoms with van der Waals surface area (Å²) < 4.78 is 1.80. The standard InChI is InChI=1S/C13H17N5O/c1-17(2)13(19)10-8-16-18-11(4-6-15-12(10)18)9-3-5-14-7-9/h4,6,8-9,14H,3,5,7H2,1-2H3. The molecule has 6 heteroatoms. The molecule has 19 heavy (non-hydrogen) atoms. The molecule has 1 fully saturated rings. The number of rotatable bonds is 2. The number of hydrogen-bond acceptors (Lipinski definition) is 4. The van der Waals surface area contributed by atoms with E-state index in [0.29, 0.717) is 17.1 Å². The predicted molar refractivity (Wildman–Crippen MR) is 71.2 cm³/mol. The Morgan fingerprint density at radius 3 is 3.05 bits per heavy atom. The summed E-state index contributed by atoms with van der Waals surface area (Å²) in [5, 5.41) is 7.69. The molecular weight excluding hydrogens is 242 g/mol. The van der Waals surface area contributed by atoms with Crippen molar-refractivity contribution in [3.05, 3.63) is 29.7 Å². The zero-order valence-corrected chi connectivity index (χ0v) is 11.1. The summed E-state index contributed by atoms with van der Waals surface area (Å²) in [6, 6.07) is 1.99. The number of fused-ring (bicyclic) bond motifs is 1. The maximum Gasteiger partial charge on any atom is 0.258 e. The Bertz CT molecular complexity index is 613. The van der Waals surface area contributed by atoms with Crippen molar-refractivity contribution in [3.63, 3.8) is 0 Å². The van der Waals surface area contributed by atoms with E-state index in [4.69, 9.17) is 0 Å². The number of nitrogens with zero attached hydrogens (tertiary/aromatic N) is 4. The van der Waals surface area contributed by atoms with Gasteiger partial charge in [-0.05, 0) is 19.0 Å². The third-order valence-corrected chi connectivity index (χ3v) is 3.55. The molecule has 100 valence electrons. The molecule has 3 rings (SSSR count). The van der Waals surface area contributed by atoms with Gasteiger partial charge in [0.15, 0.2) is 5.65 Å². The van der Waals surface area contributed by atoms with E-state index in [9.17, 15) is 4.79 Å². The Kier molecular flexibility index (Phi) is 2.94. The number of carbonyl (C=O) groups is 1. The van der Waals surface area contributed by atoms with Crippen LogP contribution in [0.4, 0.5) is 0 Å². The minimum absolute atomic E-state index is 0.0656. The Labute approximate surface area is 111 Å². The van der Waals surface area contributed by atoms with Crippen LogP contribution in [0.5, 0.6) is 0 Å². The molecule has 3 heterocycles. The first kappa shape index (κ1) is 12.1. The lowest BCUT2D eigenvalue weighted by Crippen LogP contribution is -2.21. The number of hydrogen-bond donors (Lipinski definition) is 1. The Balaban J connectivity index is 2.10. The minimum atomic E-state index is -0.0656. The van der Waals surface area contributed by atoms with Crippen LogP contribution in [-0.4, -0.2) is 52.6 Å². The summed E-state index contributed by atoms with van der Waals surface area (Å²) >= 11 is 0. The molecular formula is C13H17N5O. The first-order valence-corrected chi connectivity index (χ1v) is 6.43. The zero-order valence-electron chi connectivity index (χ0n) is 11.1. The highest BCUT2D eigenvalue weighted by Crippen LogP contribution is 2.23. The molecule has 1 aliphatic rings. The average Bonchev–Trinajstić information content (AvgIpc) is 3.06. The quantitative estimate of drug-likeness (QED) is 0.853. The Morgan fingerprint density at radius 1 is 1.53 bits per heavy atom. The largest absolute Gasteiger partial charge is 0.345 e. The van der Waals surface area contributed by atoms with Crippen LogP contribution in [-0.2, 0) is 0 Å². The first-order chi connectivity index (χ1) is 9.18. The molecule has 1 unspecified atom stereocenters. The van der Waals surface area contributed by atoms with Crippen molar-refractivity contribution >= 4 is 11.6 Å². The summed E-state index contributed by atoms with van der Waals surface area (Å²) in [6.07, 6.45) is 4.46. The number of amides is 1. The van der Waals surface area contributed by atoms with Gasteiger partial charge in [-0.15, -0.1) is 0 Å². The normalized spacial score (nSPS) is 18.9. The van der Waals surface area contributed by atoms with Gasteiger partial charge in [-0.25, -0.2) is 9.50 Å². The van der Waals surface area contributed by atoms with Gasteiger partial charge in [0.25, 0.3) is 5.91 Å². The van der Waals surface area contributed by atoms with E-state index in [-0.39, 0.29) is 5.91 Å². The van der Waals surface area contributed by atoms with Crippen molar-refractivity contribution < 1.29 is 4.79 Å². The number of aromatic nitrogens is 3. The second kappa shape index (κ2) is 4.62. The highest BCUT2D eigenvalue weighted by atomic mass is 16.2. The SMILES string of the molecule is CN(C)C(=O)c1cnn2c(C3CCNC3)ccnc12. The van der Waals surface area contributed by atoms with Gasteiger partial charge in [0, 0.05) is 32.8 Å². The monoisotopic (exact) mass is 259 g/mol. The van der Waals surface area contributed by atoms with Crippen molar-refractivity contribution in [1.29, 1.82) is 0 Å². The van der Waals surface area contributed by atoms with E-state index in [1.54, 1.807) is 35.9 Å². The van der Waals surface area contributed by atoms with Gasteiger partial charge in [0.2, 0.25) is 0 Å². The van der Waals surface area contributed by atoms with Crippen LogP contribution in [0, 0.1) is 0 Å². The molecule has 2 aromatic heterocycles. The van der Waals surface area contributed by atoms with Crippen LogP contribution in [0.25, 0.3) is 5.65 Å². The maximum absolute atomic E-state index is 12.1. The van der Waals surface area contributed by atoms with Crippen molar-refractivity contribution in [3.8, 4) is 0 Å². The Hall–Kier alpha value is -1.95. The molecule has 1 N–H and O–H groups in total. The fourth-order valence-corrected chi connectivity index (χ4v) is 2.52. The van der Waals surface area contributed by atoms with Crippen molar-refractivity contribution in [2.24, 2.45) is 0 Å². The molecule has 1 atom stereocenters. The number of nitrogens with one attached hydrogen (secondary N) is 1. The van der Waals surface area contributed by atoms with Gasteiger partial charge in [-0.1, -0.05) is 0 Å². The van der Waals surface area contributed by atoms with Crippen LogP contribution in [0.1, 0.15) is 28.4 Å². The third-order valence-electron chi connectivity index (χ3n) is 3.55. The van der Waals surface area contributed by atoms with Crippen molar-refractivity contribution in [2.75, 3.05) is 27.2 Å². The van der Waals surface area contributed by atoms with Gasteiger partial charge < -0.3 is 10.2 Å². The second-order valence-corrected chi connectivity index (χ2v) is 5.05. The van der Waals surface area contributed by atoms with Gasteiger partial charge in [-0.3, -0.25) is 4.79 Å². The lowest BCUT2D eigenvalue weighted by atomic mass is 10.0. The molecule has 0 bridgehead atoms. The molecule has 0 spiro atoms. The highest BCUT2D eigenvalue weighted by Gasteiger charge is 2.22. The smallest absolute Gasteiger partial charge is 0.258 e. The van der Waals surface area contributed by atoms with Crippen molar-refractivity contribution in [1.82, 2.24) is 24.8 Å². The summed E-state index contributed by atoms with van der Waals surface area (Å²) in [6.45, 7) is 1.98. The molecule has 0 radical (unpaired) electrons. The van der Waals surface area contributed by atoms with Crippen LogP contribution < -0.4 is 5.32 Å². The van der Waals surface area contributed by atoms with E-state index in [1.807, 2.05) is 6.07 Å². The third kappa shape index (κ3) is 1.98. The summed E-state index contributed by atoms with van der Waals surface area (Å²) in [7, 11) is 3.47. The van der Waals surface area contributed by atoms with Crippen LogP contribution in [0.3, 0.4) is 0 Å². The molecule has 1 aliphatic heterocycles.